The van der Waals surface area contributed by atoms with Crippen molar-refractivity contribution in [2.45, 2.75) is 17.8 Å². The average molecular weight is 304 g/mol. The first-order chi connectivity index (χ1) is 9.61. The molecule has 0 spiro atoms. The van der Waals surface area contributed by atoms with Crippen LogP contribution in [0, 0.1) is 6.92 Å². The first-order valence-electron chi connectivity index (χ1n) is 6.25. The Kier molecular flexibility index (Phi) is 3.59. The third kappa shape index (κ3) is 2.76. The number of aryl methyl sites for hydroxylation is 1. The summed E-state index contributed by atoms with van der Waals surface area (Å²) in [6.45, 7) is 2.07. The van der Waals surface area contributed by atoms with Crippen molar-refractivity contribution in [2.24, 2.45) is 0 Å². The highest BCUT2D eigenvalue weighted by Crippen LogP contribution is 2.27. The SMILES string of the molecule is Cc1ccc2nc(SCc3ccc(Cl)cc3N)[nH]c2c1. The van der Waals surface area contributed by atoms with Crippen LogP contribution in [0.25, 0.3) is 11.0 Å². The summed E-state index contributed by atoms with van der Waals surface area (Å²) in [6.07, 6.45) is 0. The van der Waals surface area contributed by atoms with E-state index in [-0.39, 0.29) is 0 Å². The Morgan fingerprint density at radius 2 is 2.10 bits per heavy atom. The smallest absolute Gasteiger partial charge is 0.166 e. The van der Waals surface area contributed by atoms with Crippen LogP contribution in [0.15, 0.2) is 41.6 Å². The lowest BCUT2D eigenvalue weighted by Gasteiger charge is -2.04. The summed E-state index contributed by atoms with van der Waals surface area (Å²) in [4.78, 5) is 7.88. The van der Waals surface area contributed by atoms with Crippen molar-refractivity contribution in [3.8, 4) is 0 Å². The van der Waals surface area contributed by atoms with Crippen LogP contribution in [0.1, 0.15) is 11.1 Å². The topological polar surface area (TPSA) is 54.7 Å². The highest BCUT2D eigenvalue weighted by molar-refractivity contribution is 7.98. The standard InChI is InChI=1S/C15H14ClN3S/c1-9-2-5-13-14(6-9)19-15(18-13)20-8-10-3-4-11(16)7-12(10)17/h2-7H,8,17H2,1H3,(H,18,19). The molecule has 0 atom stereocenters. The number of imidazole rings is 1. The Morgan fingerprint density at radius 3 is 2.90 bits per heavy atom. The van der Waals surface area contributed by atoms with E-state index in [9.17, 15) is 0 Å². The number of nitrogens with zero attached hydrogens (tertiary/aromatic N) is 1. The number of rotatable bonds is 3. The van der Waals surface area contributed by atoms with Gasteiger partial charge in [-0.15, -0.1) is 0 Å². The summed E-state index contributed by atoms with van der Waals surface area (Å²) < 4.78 is 0. The van der Waals surface area contributed by atoms with Crippen molar-refractivity contribution in [1.82, 2.24) is 9.97 Å². The Balaban J connectivity index is 1.79. The molecule has 2 aromatic carbocycles. The maximum atomic E-state index is 5.95. The van der Waals surface area contributed by atoms with Crippen LogP contribution in [0.2, 0.25) is 5.02 Å². The van der Waals surface area contributed by atoms with Crippen LogP contribution < -0.4 is 5.73 Å². The highest BCUT2D eigenvalue weighted by atomic mass is 35.5. The zero-order valence-corrected chi connectivity index (χ0v) is 12.6. The van der Waals surface area contributed by atoms with E-state index < -0.39 is 0 Å². The summed E-state index contributed by atoms with van der Waals surface area (Å²) >= 11 is 7.53. The lowest BCUT2D eigenvalue weighted by molar-refractivity contribution is 1.08. The summed E-state index contributed by atoms with van der Waals surface area (Å²) in [5, 5.41) is 1.57. The number of nitrogens with one attached hydrogen (secondary N) is 1. The van der Waals surface area contributed by atoms with Crippen molar-refractivity contribution in [2.75, 3.05) is 5.73 Å². The molecule has 0 saturated heterocycles. The molecule has 0 aliphatic carbocycles. The molecule has 1 heterocycles. The van der Waals surface area contributed by atoms with E-state index >= 15 is 0 Å². The molecule has 0 fully saturated rings. The molecule has 3 rings (SSSR count). The van der Waals surface area contributed by atoms with Gasteiger partial charge in [-0.3, -0.25) is 0 Å². The Morgan fingerprint density at radius 1 is 1.25 bits per heavy atom. The molecule has 5 heteroatoms. The number of benzene rings is 2. The fraction of sp³-hybridized carbons (Fsp3) is 0.133. The predicted octanol–water partition coefficient (Wildman–Crippen LogP) is 4.40. The fourth-order valence-electron chi connectivity index (χ4n) is 2.01. The van der Waals surface area contributed by atoms with Crippen LogP contribution in [0.5, 0.6) is 0 Å². The van der Waals surface area contributed by atoms with Crippen molar-refractivity contribution in [3.63, 3.8) is 0 Å². The zero-order valence-electron chi connectivity index (χ0n) is 11.0. The van der Waals surface area contributed by atoms with E-state index in [0.29, 0.717) is 5.02 Å². The molecule has 0 bridgehead atoms. The average Bonchev–Trinajstić information content (AvgIpc) is 2.79. The van der Waals surface area contributed by atoms with Gasteiger partial charge in [0, 0.05) is 16.5 Å². The number of aromatic nitrogens is 2. The van der Waals surface area contributed by atoms with Gasteiger partial charge < -0.3 is 10.7 Å². The normalized spacial score (nSPS) is 11.1. The maximum absolute atomic E-state index is 5.95. The van der Waals surface area contributed by atoms with Gasteiger partial charge in [0.15, 0.2) is 5.16 Å². The number of nitrogen functional groups attached to an aromatic ring is 1. The van der Waals surface area contributed by atoms with Crippen molar-refractivity contribution >= 4 is 40.1 Å². The van der Waals surface area contributed by atoms with Crippen LogP contribution in [0.4, 0.5) is 5.69 Å². The van der Waals surface area contributed by atoms with E-state index in [0.717, 1.165) is 33.2 Å². The van der Waals surface area contributed by atoms with E-state index in [4.69, 9.17) is 17.3 Å². The largest absolute Gasteiger partial charge is 0.398 e. The van der Waals surface area contributed by atoms with Crippen LogP contribution in [-0.2, 0) is 5.75 Å². The van der Waals surface area contributed by atoms with Gasteiger partial charge in [0.25, 0.3) is 0 Å². The molecule has 20 heavy (non-hydrogen) atoms. The number of halogens is 1. The summed E-state index contributed by atoms with van der Waals surface area (Å²) in [7, 11) is 0. The third-order valence-corrected chi connectivity index (χ3v) is 4.25. The monoisotopic (exact) mass is 303 g/mol. The van der Waals surface area contributed by atoms with Gasteiger partial charge in [-0.25, -0.2) is 4.98 Å². The second-order valence-electron chi connectivity index (χ2n) is 4.69. The number of fused-ring (bicyclic) bond motifs is 1. The second-order valence-corrected chi connectivity index (χ2v) is 6.09. The Bertz CT molecular complexity index is 767. The van der Waals surface area contributed by atoms with Gasteiger partial charge in [0.05, 0.1) is 11.0 Å². The van der Waals surface area contributed by atoms with Gasteiger partial charge in [-0.05, 0) is 42.3 Å². The second kappa shape index (κ2) is 5.38. The molecule has 3 N–H and O–H groups in total. The molecule has 3 aromatic rings. The highest BCUT2D eigenvalue weighted by Gasteiger charge is 2.06. The minimum absolute atomic E-state index is 0.662. The number of H-pyrrole nitrogens is 1. The minimum atomic E-state index is 0.662. The first kappa shape index (κ1) is 13.3. The van der Waals surface area contributed by atoms with E-state index in [1.54, 1.807) is 17.8 Å². The Hall–Kier alpha value is -1.65. The van der Waals surface area contributed by atoms with E-state index in [2.05, 4.69) is 29.0 Å². The molecule has 1 aromatic heterocycles. The van der Waals surface area contributed by atoms with Gasteiger partial charge in [-0.2, -0.15) is 0 Å². The molecule has 0 aliphatic heterocycles. The number of aromatic amines is 1. The van der Waals surface area contributed by atoms with Crippen molar-refractivity contribution < 1.29 is 0 Å². The summed E-state index contributed by atoms with van der Waals surface area (Å²) in [6, 6.07) is 11.8. The predicted molar refractivity (Wildman–Crippen MR) is 86.3 cm³/mol. The number of hydrogen-bond acceptors (Lipinski definition) is 3. The van der Waals surface area contributed by atoms with Crippen molar-refractivity contribution in [1.29, 1.82) is 0 Å². The van der Waals surface area contributed by atoms with Crippen LogP contribution >= 0.6 is 23.4 Å². The minimum Gasteiger partial charge on any atom is -0.398 e. The maximum Gasteiger partial charge on any atom is 0.166 e. The van der Waals surface area contributed by atoms with Gasteiger partial charge in [0.1, 0.15) is 0 Å². The van der Waals surface area contributed by atoms with Gasteiger partial charge in [0.2, 0.25) is 0 Å². The number of anilines is 1. The van der Waals surface area contributed by atoms with Gasteiger partial charge in [-0.1, -0.05) is 35.5 Å². The molecule has 0 saturated carbocycles. The zero-order chi connectivity index (χ0) is 14.1. The van der Waals surface area contributed by atoms with Crippen molar-refractivity contribution in [3.05, 3.63) is 52.5 Å². The molecular formula is C15H14ClN3S. The third-order valence-electron chi connectivity index (χ3n) is 3.09. The fourth-order valence-corrected chi connectivity index (χ4v) is 3.09. The lowest BCUT2D eigenvalue weighted by Crippen LogP contribution is -1.92. The number of thioether (sulfide) groups is 1. The molecule has 102 valence electrons. The summed E-state index contributed by atoms with van der Waals surface area (Å²) in [5.74, 6) is 0.766. The quantitative estimate of drug-likeness (QED) is 0.557. The number of nitrogens with two attached hydrogens (primary N) is 1. The number of hydrogen-bond donors (Lipinski definition) is 2. The van der Waals surface area contributed by atoms with E-state index in [1.807, 2.05) is 18.2 Å². The molecular weight excluding hydrogens is 290 g/mol. The molecule has 0 aliphatic rings. The lowest BCUT2D eigenvalue weighted by atomic mass is 10.2. The molecule has 3 nitrogen and oxygen atoms in total. The van der Waals surface area contributed by atoms with Crippen LogP contribution in [0.3, 0.4) is 0 Å². The Labute approximate surface area is 126 Å². The molecule has 0 unspecified atom stereocenters. The molecule has 0 radical (unpaired) electrons. The van der Waals surface area contributed by atoms with E-state index in [1.165, 1.54) is 5.56 Å². The van der Waals surface area contributed by atoms with Crippen LogP contribution in [-0.4, -0.2) is 9.97 Å². The molecule has 0 amide bonds. The van der Waals surface area contributed by atoms with Gasteiger partial charge >= 0.3 is 0 Å². The first-order valence-corrected chi connectivity index (χ1v) is 7.61. The summed E-state index contributed by atoms with van der Waals surface area (Å²) in [5.41, 5.74) is 11.0.